The van der Waals surface area contributed by atoms with Crippen molar-refractivity contribution >= 4 is 16.9 Å². The third-order valence-electron chi connectivity index (χ3n) is 3.48. The van der Waals surface area contributed by atoms with Gasteiger partial charge in [-0.25, -0.2) is 0 Å². The summed E-state index contributed by atoms with van der Waals surface area (Å²) in [6, 6.07) is 2.13. The molecule has 0 aliphatic carbocycles. The largest absolute Gasteiger partial charge is 0.365 e. The summed E-state index contributed by atoms with van der Waals surface area (Å²) >= 11 is 1.91. The Bertz CT molecular complexity index is 499. The van der Waals surface area contributed by atoms with Gasteiger partial charge in [-0.05, 0) is 38.2 Å². The molecule has 2 rings (SSSR count). The Morgan fingerprint density at radius 1 is 1.38 bits per heavy atom. The molecule has 5 heteroatoms. The summed E-state index contributed by atoms with van der Waals surface area (Å²) in [5, 5.41) is 9.72. The molecule has 0 saturated heterocycles. The summed E-state index contributed by atoms with van der Waals surface area (Å²) in [6.07, 6.45) is 2.30. The number of aliphatic imine (C=N–C) groups is 1. The van der Waals surface area contributed by atoms with E-state index < -0.39 is 0 Å². The van der Waals surface area contributed by atoms with Crippen molar-refractivity contribution < 1.29 is 0 Å². The van der Waals surface area contributed by atoms with E-state index >= 15 is 0 Å². The first-order valence-corrected chi connectivity index (χ1v) is 8.67. The minimum absolute atomic E-state index is 0.387. The van der Waals surface area contributed by atoms with Crippen LogP contribution in [0.3, 0.4) is 0 Å². The summed E-state index contributed by atoms with van der Waals surface area (Å²) < 4.78 is 2.09. The summed E-state index contributed by atoms with van der Waals surface area (Å²) in [6.45, 7) is 13.9. The van der Waals surface area contributed by atoms with Gasteiger partial charge in [0.1, 0.15) is 0 Å². The van der Waals surface area contributed by atoms with E-state index in [0.717, 1.165) is 36.9 Å². The van der Waals surface area contributed by atoms with Gasteiger partial charge >= 0.3 is 0 Å². The fourth-order valence-electron chi connectivity index (χ4n) is 2.63. The molecule has 0 aromatic carbocycles. The van der Waals surface area contributed by atoms with Gasteiger partial charge in [-0.15, -0.1) is 0 Å². The maximum absolute atomic E-state index is 4.61. The second kappa shape index (κ2) is 6.86. The Morgan fingerprint density at radius 2 is 2.14 bits per heavy atom. The number of aryl methyl sites for hydroxylation is 3. The van der Waals surface area contributed by atoms with Gasteiger partial charge in [0.05, 0.1) is 12.2 Å². The van der Waals surface area contributed by atoms with Gasteiger partial charge in [-0.3, -0.25) is 9.67 Å². The van der Waals surface area contributed by atoms with Gasteiger partial charge in [0.25, 0.3) is 0 Å². The third-order valence-corrected chi connectivity index (χ3v) is 4.63. The van der Waals surface area contributed by atoms with Crippen LogP contribution in [0.15, 0.2) is 11.1 Å². The fourth-order valence-corrected chi connectivity index (χ4v) is 4.01. The highest BCUT2D eigenvalue weighted by molar-refractivity contribution is 8.14. The first-order chi connectivity index (χ1) is 9.83. The Labute approximate surface area is 132 Å². The Balaban J connectivity index is 1.65. The zero-order chi connectivity index (χ0) is 15.5. The number of aromatic nitrogens is 2. The molecule has 1 aromatic rings. The van der Waals surface area contributed by atoms with E-state index in [2.05, 4.69) is 53.9 Å². The quantitative estimate of drug-likeness (QED) is 0.848. The van der Waals surface area contributed by atoms with E-state index in [1.54, 1.807) is 0 Å². The molecule has 0 fully saturated rings. The molecule has 21 heavy (non-hydrogen) atoms. The first-order valence-electron chi connectivity index (χ1n) is 7.79. The lowest BCUT2D eigenvalue weighted by Gasteiger charge is -2.21. The average molecular weight is 308 g/mol. The van der Waals surface area contributed by atoms with E-state index in [4.69, 9.17) is 0 Å². The molecule has 4 nitrogen and oxygen atoms in total. The lowest BCUT2D eigenvalue weighted by Crippen LogP contribution is -2.23. The predicted octanol–water partition coefficient (Wildman–Crippen LogP) is 3.39. The Hall–Kier alpha value is -0.970. The van der Waals surface area contributed by atoms with Crippen LogP contribution < -0.4 is 5.32 Å². The van der Waals surface area contributed by atoms with Crippen molar-refractivity contribution in [3.8, 4) is 0 Å². The summed E-state index contributed by atoms with van der Waals surface area (Å²) in [4.78, 5) is 4.61. The number of thioether (sulfide) groups is 1. The average Bonchev–Trinajstić information content (AvgIpc) is 2.90. The van der Waals surface area contributed by atoms with Gasteiger partial charge in [-0.2, -0.15) is 5.10 Å². The SMILES string of the molecule is Cc1cc(C)n(CCCNC2=NCC(CC(C)(C)C)S2)n1. The standard InChI is InChI=1S/C16H28N4S/c1-12-9-13(2)20(19-12)8-6-7-17-15-18-11-14(21-15)10-16(3,4)5/h9,14H,6-8,10-11H2,1-5H3,(H,17,18). The Kier molecular flexibility index (Phi) is 5.36. The van der Waals surface area contributed by atoms with E-state index in [0.29, 0.717) is 10.7 Å². The van der Waals surface area contributed by atoms with Crippen molar-refractivity contribution in [1.82, 2.24) is 15.1 Å². The zero-order valence-electron chi connectivity index (χ0n) is 13.9. The lowest BCUT2D eigenvalue weighted by molar-refractivity contribution is 0.375. The smallest absolute Gasteiger partial charge is 0.156 e. The third kappa shape index (κ3) is 5.38. The van der Waals surface area contributed by atoms with Crippen molar-refractivity contribution in [3.63, 3.8) is 0 Å². The normalized spacial score (nSPS) is 18.9. The van der Waals surface area contributed by atoms with Crippen molar-refractivity contribution in [3.05, 3.63) is 17.5 Å². The van der Waals surface area contributed by atoms with Crippen LogP contribution in [0.2, 0.25) is 0 Å². The molecule has 1 atom stereocenters. The zero-order valence-corrected chi connectivity index (χ0v) is 14.8. The minimum Gasteiger partial charge on any atom is -0.365 e. The van der Waals surface area contributed by atoms with Crippen LogP contribution in [0.1, 0.15) is 45.0 Å². The molecular weight excluding hydrogens is 280 g/mol. The number of amidine groups is 1. The summed E-state index contributed by atoms with van der Waals surface area (Å²) in [5.74, 6) is 0. The lowest BCUT2D eigenvalue weighted by atomic mass is 9.90. The number of nitrogens with zero attached hydrogens (tertiary/aromatic N) is 3. The molecular formula is C16H28N4S. The van der Waals surface area contributed by atoms with Crippen molar-refractivity contribution in [2.75, 3.05) is 13.1 Å². The highest BCUT2D eigenvalue weighted by Crippen LogP contribution is 2.31. The highest BCUT2D eigenvalue weighted by atomic mass is 32.2. The van der Waals surface area contributed by atoms with Gasteiger partial charge < -0.3 is 5.32 Å². The maximum atomic E-state index is 4.61. The molecule has 2 heterocycles. The molecule has 0 bridgehead atoms. The van der Waals surface area contributed by atoms with Crippen LogP contribution in [0, 0.1) is 19.3 Å². The van der Waals surface area contributed by atoms with Gasteiger partial charge in [0, 0.05) is 24.0 Å². The van der Waals surface area contributed by atoms with E-state index in [1.165, 1.54) is 12.1 Å². The van der Waals surface area contributed by atoms with Gasteiger partial charge in [0.15, 0.2) is 5.17 Å². The van der Waals surface area contributed by atoms with Crippen molar-refractivity contribution in [2.45, 2.75) is 59.3 Å². The number of rotatable bonds is 5. The molecule has 0 saturated carbocycles. The van der Waals surface area contributed by atoms with Crippen LogP contribution in [-0.2, 0) is 6.54 Å². The Morgan fingerprint density at radius 3 is 2.76 bits per heavy atom. The second-order valence-corrected chi connectivity index (χ2v) is 8.37. The number of hydrogen-bond donors (Lipinski definition) is 1. The van der Waals surface area contributed by atoms with Crippen LogP contribution >= 0.6 is 11.8 Å². The van der Waals surface area contributed by atoms with Gasteiger partial charge in [-0.1, -0.05) is 32.5 Å². The highest BCUT2D eigenvalue weighted by Gasteiger charge is 2.24. The molecule has 1 unspecified atom stereocenters. The summed E-state index contributed by atoms with van der Waals surface area (Å²) in [5.41, 5.74) is 2.73. The van der Waals surface area contributed by atoms with Crippen LogP contribution in [0.5, 0.6) is 0 Å². The molecule has 1 N–H and O–H groups in total. The first kappa shape index (κ1) is 16.4. The van der Waals surface area contributed by atoms with Gasteiger partial charge in [0.2, 0.25) is 0 Å². The van der Waals surface area contributed by atoms with Crippen LogP contribution in [-0.4, -0.2) is 33.3 Å². The van der Waals surface area contributed by atoms with E-state index in [9.17, 15) is 0 Å². The molecule has 1 aliphatic heterocycles. The van der Waals surface area contributed by atoms with Crippen molar-refractivity contribution in [1.29, 1.82) is 0 Å². The molecule has 0 amide bonds. The monoisotopic (exact) mass is 308 g/mol. The van der Waals surface area contributed by atoms with Crippen LogP contribution in [0.4, 0.5) is 0 Å². The molecule has 0 spiro atoms. The minimum atomic E-state index is 0.387. The second-order valence-electron chi connectivity index (χ2n) is 7.08. The topological polar surface area (TPSA) is 42.2 Å². The molecule has 118 valence electrons. The number of hydrogen-bond acceptors (Lipinski definition) is 4. The summed E-state index contributed by atoms with van der Waals surface area (Å²) in [7, 11) is 0. The predicted molar refractivity (Wildman–Crippen MR) is 92.1 cm³/mol. The van der Waals surface area contributed by atoms with Crippen LogP contribution in [0.25, 0.3) is 0 Å². The molecule has 1 aliphatic rings. The number of nitrogens with one attached hydrogen (secondary N) is 1. The molecule has 0 radical (unpaired) electrons. The fraction of sp³-hybridized carbons (Fsp3) is 0.750. The maximum Gasteiger partial charge on any atom is 0.156 e. The van der Waals surface area contributed by atoms with E-state index in [-0.39, 0.29) is 0 Å². The van der Waals surface area contributed by atoms with Crippen molar-refractivity contribution in [2.24, 2.45) is 10.4 Å². The van der Waals surface area contributed by atoms with E-state index in [1.807, 2.05) is 18.7 Å². The molecule has 1 aromatic heterocycles.